The Labute approximate surface area is 328 Å². The topological polar surface area (TPSA) is 139 Å². The van der Waals surface area contributed by atoms with E-state index in [1.54, 1.807) is 6.07 Å². The predicted molar refractivity (Wildman–Crippen MR) is 209 cm³/mol. The van der Waals surface area contributed by atoms with Crippen molar-refractivity contribution in [3.8, 4) is 6.07 Å². The Balaban J connectivity index is 0.927. The summed E-state index contributed by atoms with van der Waals surface area (Å²) in [6, 6.07) is 12.0. The number of hydrogen-bond acceptors (Lipinski definition) is 10. The third kappa shape index (κ3) is 8.84. The van der Waals surface area contributed by atoms with Crippen molar-refractivity contribution >= 4 is 58.1 Å². The molecule has 1 N–H and O–H groups in total. The van der Waals surface area contributed by atoms with Gasteiger partial charge in [0.25, 0.3) is 5.91 Å². The molecule has 3 atom stereocenters. The fraction of sp³-hybridized carbons (Fsp3) is 0.575. The van der Waals surface area contributed by atoms with Crippen LogP contribution < -0.4 is 10.2 Å². The highest BCUT2D eigenvalue weighted by molar-refractivity contribution is 7.80. The zero-order valence-corrected chi connectivity index (χ0v) is 33.1. The fourth-order valence-corrected chi connectivity index (χ4v) is 9.40. The van der Waals surface area contributed by atoms with Gasteiger partial charge in [-0.25, -0.2) is 4.98 Å². The van der Waals surface area contributed by atoms with E-state index in [1.807, 2.05) is 44.2 Å². The Morgan fingerprint density at radius 2 is 1.78 bits per heavy atom. The Morgan fingerprint density at radius 1 is 1.07 bits per heavy atom. The number of nitriles is 1. The number of piperidine rings is 1. The smallest absolute Gasteiger partial charge is 0.258 e. The van der Waals surface area contributed by atoms with Crippen LogP contribution in [0.3, 0.4) is 0 Å². The summed E-state index contributed by atoms with van der Waals surface area (Å²) in [5.74, 6) is -0.616. The normalized spacial score (nSPS) is 26.6. The lowest BCUT2D eigenvalue weighted by atomic mass is 9.89. The molecule has 14 heteroatoms. The van der Waals surface area contributed by atoms with Gasteiger partial charge < -0.3 is 9.64 Å². The third-order valence-corrected chi connectivity index (χ3v) is 12.1. The highest BCUT2D eigenvalue weighted by atomic mass is 35.5. The van der Waals surface area contributed by atoms with Crippen LogP contribution in [0.4, 0.5) is 5.69 Å². The number of ether oxygens (including phenoxy) is 1. The molecular formula is C40H50ClN7O5S. The van der Waals surface area contributed by atoms with Gasteiger partial charge in [0.1, 0.15) is 11.6 Å². The van der Waals surface area contributed by atoms with Crippen molar-refractivity contribution < 1.29 is 23.9 Å². The number of aromatic nitrogens is 1. The summed E-state index contributed by atoms with van der Waals surface area (Å²) in [6.07, 6.45) is 6.90. The number of amides is 3. The Morgan fingerprint density at radius 3 is 2.44 bits per heavy atom. The number of carbonyl (C=O) groups excluding carboxylic acids is 4. The number of nitrogens with zero attached hydrogens (tertiary/aromatic N) is 6. The summed E-state index contributed by atoms with van der Waals surface area (Å²) in [6.45, 7) is 11.7. The van der Waals surface area contributed by atoms with Crippen molar-refractivity contribution in [2.45, 2.75) is 109 Å². The van der Waals surface area contributed by atoms with E-state index in [0.29, 0.717) is 49.6 Å². The molecule has 288 valence electrons. The lowest BCUT2D eigenvalue weighted by Gasteiger charge is -2.44. The first-order valence-electron chi connectivity index (χ1n) is 19.0. The summed E-state index contributed by atoms with van der Waals surface area (Å²) in [5, 5.41) is 12.2. The van der Waals surface area contributed by atoms with E-state index in [0.717, 1.165) is 56.4 Å². The number of benzene rings is 1. The Kier molecular flexibility index (Phi) is 12.5. The molecular weight excluding hydrogens is 726 g/mol. The number of Topliss-reactive ketones (excluding diaryl/α,β-unsaturated/α-hetero) is 1. The minimum atomic E-state index is -0.833. The highest BCUT2D eigenvalue weighted by Crippen LogP contribution is 2.38. The minimum Gasteiger partial charge on any atom is -0.377 e. The molecule has 4 heterocycles. The number of nitrogens with one attached hydrogen (secondary N) is 1. The van der Waals surface area contributed by atoms with Gasteiger partial charge in [-0.15, -0.1) is 0 Å². The molecule has 1 aliphatic carbocycles. The van der Waals surface area contributed by atoms with E-state index >= 15 is 0 Å². The summed E-state index contributed by atoms with van der Waals surface area (Å²) in [5.41, 5.74) is 1.69. The molecule has 0 radical (unpaired) electrons. The summed E-state index contributed by atoms with van der Waals surface area (Å²) < 4.78 is 6.39. The van der Waals surface area contributed by atoms with Crippen molar-refractivity contribution in [1.29, 1.82) is 5.26 Å². The van der Waals surface area contributed by atoms with Crippen LogP contribution in [0, 0.1) is 17.2 Å². The van der Waals surface area contributed by atoms with Crippen LogP contribution in [0.25, 0.3) is 0 Å². The van der Waals surface area contributed by atoms with E-state index in [2.05, 4.69) is 38.8 Å². The third-order valence-electron chi connectivity index (χ3n) is 11.5. The molecule has 4 aliphatic rings. The number of hydrogen-bond donors (Lipinski definition) is 1. The molecule has 0 bridgehead atoms. The largest absolute Gasteiger partial charge is 0.377 e. The molecule has 4 fully saturated rings. The molecule has 1 aromatic carbocycles. The molecule has 3 amide bonds. The summed E-state index contributed by atoms with van der Waals surface area (Å²) in [7, 11) is 0. The second-order valence-corrected chi connectivity index (χ2v) is 16.6. The van der Waals surface area contributed by atoms with Crippen LogP contribution in [0.2, 0.25) is 5.02 Å². The van der Waals surface area contributed by atoms with E-state index in [-0.39, 0.29) is 64.4 Å². The molecule has 3 saturated heterocycles. The van der Waals surface area contributed by atoms with Gasteiger partial charge in [0.15, 0.2) is 16.6 Å². The predicted octanol–water partition coefficient (Wildman–Crippen LogP) is 4.45. The van der Waals surface area contributed by atoms with Crippen LogP contribution in [0.15, 0.2) is 36.5 Å². The van der Waals surface area contributed by atoms with E-state index < -0.39 is 5.54 Å². The van der Waals surface area contributed by atoms with Crippen molar-refractivity contribution in [1.82, 2.24) is 25.0 Å². The number of anilines is 1. The average molecular weight is 776 g/mol. The van der Waals surface area contributed by atoms with Gasteiger partial charge in [-0.2, -0.15) is 5.26 Å². The average Bonchev–Trinajstić information content (AvgIpc) is 3.30. The molecule has 0 spiro atoms. The number of thiocarbonyl (C=S) groups is 1. The van der Waals surface area contributed by atoms with Crippen LogP contribution in [-0.2, 0) is 36.8 Å². The van der Waals surface area contributed by atoms with E-state index in [9.17, 15) is 24.4 Å². The van der Waals surface area contributed by atoms with Crippen LogP contribution >= 0.6 is 23.8 Å². The first-order valence-corrected chi connectivity index (χ1v) is 19.8. The second-order valence-electron chi connectivity index (χ2n) is 15.8. The monoisotopic (exact) mass is 775 g/mol. The second kappa shape index (κ2) is 16.9. The molecule has 6 rings (SSSR count). The Bertz CT molecular complexity index is 1810. The number of carbonyl (C=O) groups is 4. The van der Waals surface area contributed by atoms with Gasteiger partial charge in [-0.3, -0.25) is 39.2 Å². The molecule has 12 nitrogen and oxygen atoms in total. The van der Waals surface area contributed by atoms with Crippen molar-refractivity contribution in [2.75, 3.05) is 37.7 Å². The van der Waals surface area contributed by atoms with Gasteiger partial charge in [-0.1, -0.05) is 35.9 Å². The molecule has 1 saturated carbocycles. The number of ketones is 1. The zero-order valence-electron chi connectivity index (χ0n) is 31.6. The van der Waals surface area contributed by atoms with Crippen molar-refractivity contribution in [3.05, 3.63) is 58.4 Å². The first-order chi connectivity index (χ1) is 25.7. The first kappa shape index (κ1) is 39.9. The molecule has 2 aromatic rings. The molecule has 1 aromatic heterocycles. The van der Waals surface area contributed by atoms with E-state index in [1.165, 1.54) is 11.1 Å². The van der Waals surface area contributed by atoms with Crippen LogP contribution in [0.1, 0.15) is 83.0 Å². The number of piperazine rings is 1. The molecule has 54 heavy (non-hydrogen) atoms. The molecule has 3 aliphatic heterocycles. The lowest BCUT2D eigenvalue weighted by molar-refractivity contribution is -0.136. The Hall–Kier alpha value is -3.80. The zero-order chi connectivity index (χ0) is 38.7. The molecule has 1 unspecified atom stereocenters. The van der Waals surface area contributed by atoms with Gasteiger partial charge in [0.05, 0.1) is 36.2 Å². The maximum absolute atomic E-state index is 13.6. The highest BCUT2D eigenvalue weighted by Gasteiger charge is 2.52. The van der Waals surface area contributed by atoms with Crippen LogP contribution in [-0.4, -0.2) is 111 Å². The summed E-state index contributed by atoms with van der Waals surface area (Å²) >= 11 is 12.1. The number of pyridine rings is 1. The lowest BCUT2D eigenvalue weighted by Crippen LogP contribution is -2.58. The fourth-order valence-electron chi connectivity index (χ4n) is 8.63. The SMILES string of the molecule is C[C@@H]1CN(CCOC2CCC(N3C(=S)N(c4cnc(C#N)c(Cl)c4)C(=O)C3(C)C)CC2)C[C@H](C)N1CC(=O)Cc1cccc(CC2CCC(=O)NC2=O)c1. The summed E-state index contributed by atoms with van der Waals surface area (Å²) in [4.78, 5) is 63.0. The number of imide groups is 1. The van der Waals surface area contributed by atoms with Gasteiger partial charge in [0, 0.05) is 56.5 Å². The van der Waals surface area contributed by atoms with E-state index in [4.69, 9.17) is 28.6 Å². The maximum atomic E-state index is 13.6. The quantitative estimate of drug-likeness (QED) is 0.242. The minimum absolute atomic E-state index is 0.0994. The van der Waals surface area contributed by atoms with Crippen LogP contribution in [0.5, 0.6) is 0 Å². The van der Waals surface area contributed by atoms with Gasteiger partial charge in [0.2, 0.25) is 11.8 Å². The van der Waals surface area contributed by atoms with Crippen molar-refractivity contribution in [3.63, 3.8) is 0 Å². The standard InChI is InChI=1S/C40H50ClN7O5S/c1-25-22-45(23-26(2)46(25)24-32(49)18-28-7-5-6-27(16-28)17-29-8-13-36(50)44-37(29)51)14-15-53-33-11-9-30(10-12-33)48-39(54)47(38(52)40(48,3)4)31-19-34(41)35(20-42)43-21-31/h5-7,16,19,21,25-26,29-30,33H,8-15,17-18,22-24H2,1-4H3,(H,44,50,51)/t25-,26+,29?,30?,33?. The van der Waals surface area contributed by atoms with Crippen molar-refractivity contribution in [2.24, 2.45) is 5.92 Å². The number of rotatable bonds is 12. The van der Waals surface area contributed by atoms with Gasteiger partial charge >= 0.3 is 0 Å². The number of halogens is 1. The van der Waals surface area contributed by atoms with Gasteiger partial charge in [-0.05, 0) is 95.6 Å². The maximum Gasteiger partial charge on any atom is 0.258 e.